The van der Waals surface area contributed by atoms with Crippen molar-refractivity contribution in [2.75, 3.05) is 20.2 Å². The smallest absolute Gasteiger partial charge is 0.410 e. The van der Waals surface area contributed by atoms with E-state index in [1.165, 1.54) is 4.90 Å². The van der Waals surface area contributed by atoms with E-state index in [0.29, 0.717) is 37.3 Å². The van der Waals surface area contributed by atoms with E-state index in [-0.39, 0.29) is 6.42 Å². The predicted octanol–water partition coefficient (Wildman–Crippen LogP) is 3.22. The first-order chi connectivity index (χ1) is 12.1. The number of nitrogens with zero attached hydrogens (tertiary/aromatic N) is 1. The lowest BCUT2D eigenvalue weighted by atomic mass is 10.1. The van der Waals surface area contributed by atoms with Crippen molar-refractivity contribution in [1.82, 2.24) is 4.90 Å². The van der Waals surface area contributed by atoms with Gasteiger partial charge in [-0.05, 0) is 51.3 Å². The molecule has 0 saturated carbocycles. The molecule has 0 aliphatic rings. The first kappa shape index (κ1) is 21.8. The van der Waals surface area contributed by atoms with Gasteiger partial charge >= 0.3 is 12.1 Å². The highest BCUT2D eigenvalue weighted by atomic mass is 16.6. The van der Waals surface area contributed by atoms with Gasteiger partial charge in [-0.1, -0.05) is 12.1 Å². The number of carbonyl (C=O) groups is 2. The van der Waals surface area contributed by atoms with Gasteiger partial charge in [-0.25, -0.2) is 4.79 Å². The van der Waals surface area contributed by atoms with Gasteiger partial charge in [-0.2, -0.15) is 0 Å². The molecular formula is C19H29NO6. The average Bonchev–Trinajstić information content (AvgIpc) is 2.54. The fraction of sp³-hybridized carbons (Fsp3) is 0.579. The molecule has 0 aliphatic carbocycles. The number of amides is 1. The summed E-state index contributed by atoms with van der Waals surface area (Å²) in [5.41, 5.74) is 0.120. The number of aliphatic hydroxyl groups is 1. The van der Waals surface area contributed by atoms with Gasteiger partial charge in [0.25, 0.3) is 0 Å². The van der Waals surface area contributed by atoms with Crippen LogP contribution in [0.1, 0.15) is 51.7 Å². The number of carboxylic acids is 1. The molecule has 0 radical (unpaired) electrons. The van der Waals surface area contributed by atoms with Crippen LogP contribution in [0.25, 0.3) is 0 Å². The molecule has 1 amide bonds. The largest absolute Gasteiger partial charge is 0.494 e. The highest BCUT2D eigenvalue weighted by molar-refractivity contribution is 5.67. The number of aliphatic carboxylic acids is 1. The SMILES string of the molecule is CN(CCC(O)c1cccc(OCCCC(=O)O)c1)C(=O)OC(C)(C)C. The quantitative estimate of drug-likeness (QED) is 0.651. The maximum Gasteiger partial charge on any atom is 0.410 e. The van der Waals surface area contributed by atoms with E-state index in [9.17, 15) is 14.7 Å². The highest BCUT2D eigenvalue weighted by Crippen LogP contribution is 2.22. The van der Waals surface area contributed by atoms with Gasteiger partial charge < -0.3 is 24.6 Å². The molecule has 0 bridgehead atoms. The Hall–Kier alpha value is -2.28. The van der Waals surface area contributed by atoms with Gasteiger partial charge in [0.15, 0.2) is 0 Å². The Morgan fingerprint density at radius 3 is 2.58 bits per heavy atom. The summed E-state index contributed by atoms with van der Waals surface area (Å²) < 4.78 is 10.8. The Kier molecular flexibility index (Phi) is 8.38. The number of ether oxygens (including phenoxy) is 2. The minimum atomic E-state index is -0.855. The van der Waals surface area contributed by atoms with E-state index in [0.717, 1.165) is 0 Å². The molecule has 0 heterocycles. The van der Waals surface area contributed by atoms with Gasteiger partial charge in [-0.3, -0.25) is 4.79 Å². The summed E-state index contributed by atoms with van der Waals surface area (Å²) in [7, 11) is 1.63. The fourth-order valence-electron chi connectivity index (χ4n) is 2.14. The lowest BCUT2D eigenvalue weighted by molar-refractivity contribution is -0.137. The third-order valence-electron chi connectivity index (χ3n) is 3.49. The van der Waals surface area contributed by atoms with Crippen LogP contribution < -0.4 is 4.74 Å². The number of aliphatic hydroxyl groups excluding tert-OH is 1. The summed E-state index contributed by atoms with van der Waals surface area (Å²) in [5.74, 6) is -0.278. The van der Waals surface area contributed by atoms with Crippen LogP contribution in [0, 0.1) is 0 Å². The van der Waals surface area contributed by atoms with Gasteiger partial charge in [0.05, 0.1) is 12.7 Å². The lowest BCUT2D eigenvalue weighted by Gasteiger charge is -2.25. The second-order valence-electron chi connectivity index (χ2n) is 7.12. The monoisotopic (exact) mass is 367 g/mol. The number of benzene rings is 1. The molecule has 1 aromatic rings. The maximum atomic E-state index is 11.9. The van der Waals surface area contributed by atoms with Crippen LogP contribution in [-0.4, -0.2) is 53.0 Å². The van der Waals surface area contributed by atoms with Crippen molar-refractivity contribution in [2.45, 2.75) is 51.7 Å². The molecule has 146 valence electrons. The Labute approximate surface area is 154 Å². The van der Waals surface area contributed by atoms with Crippen molar-refractivity contribution < 1.29 is 29.3 Å². The van der Waals surface area contributed by atoms with Crippen LogP contribution in [0.15, 0.2) is 24.3 Å². The zero-order valence-electron chi connectivity index (χ0n) is 15.9. The summed E-state index contributed by atoms with van der Waals surface area (Å²) in [6.07, 6.45) is -0.344. The number of carboxylic acid groups (broad SMARTS) is 1. The molecule has 0 aromatic heterocycles. The molecule has 0 spiro atoms. The third kappa shape index (κ3) is 8.71. The third-order valence-corrected chi connectivity index (χ3v) is 3.49. The van der Waals surface area contributed by atoms with Crippen LogP contribution in [0.2, 0.25) is 0 Å². The van der Waals surface area contributed by atoms with Crippen LogP contribution in [0.3, 0.4) is 0 Å². The number of hydrogen-bond acceptors (Lipinski definition) is 5. The summed E-state index contributed by atoms with van der Waals surface area (Å²) in [6.45, 7) is 6.05. The van der Waals surface area contributed by atoms with Crippen molar-refractivity contribution in [3.8, 4) is 5.75 Å². The van der Waals surface area contributed by atoms with E-state index in [4.69, 9.17) is 14.6 Å². The lowest BCUT2D eigenvalue weighted by Crippen LogP contribution is -2.35. The maximum absolute atomic E-state index is 11.9. The number of rotatable bonds is 9. The summed E-state index contributed by atoms with van der Waals surface area (Å²) >= 11 is 0. The fourth-order valence-corrected chi connectivity index (χ4v) is 2.14. The van der Waals surface area contributed by atoms with E-state index in [1.54, 1.807) is 52.1 Å². The molecule has 26 heavy (non-hydrogen) atoms. The molecule has 7 nitrogen and oxygen atoms in total. The summed E-state index contributed by atoms with van der Waals surface area (Å²) in [5, 5.41) is 18.9. The standard InChI is InChI=1S/C19H29NO6/c1-19(2,3)26-18(24)20(4)11-10-16(21)14-7-5-8-15(13-14)25-12-6-9-17(22)23/h5,7-8,13,16,21H,6,9-12H2,1-4H3,(H,22,23). The van der Waals surface area contributed by atoms with E-state index < -0.39 is 23.8 Å². The molecule has 7 heteroatoms. The zero-order chi connectivity index (χ0) is 19.7. The summed E-state index contributed by atoms with van der Waals surface area (Å²) in [4.78, 5) is 23.8. The van der Waals surface area contributed by atoms with Gasteiger partial charge in [0.1, 0.15) is 11.4 Å². The second-order valence-corrected chi connectivity index (χ2v) is 7.12. The first-order valence-corrected chi connectivity index (χ1v) is 8.65. The molecule has 1 rings (SSSR count). The van der Waals surface area contributed by atoms with Crippen molar-refractivity contribution in [1.29, 1.82) is 0 Å². The molecule has 1 aromatic carbocycles. The van der Waals surface area contributed by atoms with E-state index >= 15 is 0 Å². The minimum Gasteiger partial charge on any atom is -0.494 e. The van der Waals surface area contributed by atoms with Crippen LogP contribution in [0.4, 0.5) is 4.79 Å². The van der Waals surface area contributed by atoms with Gasteiger partial charge in [0, 0.05) is 20.0 Å². The molecule has 2 N–H and O–H groups in total. The number of hydrogen-bond donors (Lipinski definition) is 2. The Morgan fingerprint density at radius 2 is 1.96 bits per heavy atom. The topological polar surface area (TPSA) is 96.3 Å². The number of carbonyl (C=O) groups excluding carboxylic acids is 1. The molecule has 1 atom stereocenters. The molecule has 0 saturated heterocycles. The normalized spacial score (nSPS) is 12.3. The van der Waals surface area contributed by atoms with Crippen LogP contribution in [-0.2, 0) is 9.53 Å². The molecule has 0 aliphatic heterocycles. The van der Waals surface area contributed by atoms with Crippen LogP contribution >= 0.6 is 0 Å². The van der Waals surface area contributed by atoms with E-state index in [1.807, 2.05) is 0 Å². The highest BCUT2D eigenvalue weighted by Gasteiger charge is 2.20. The van der Waals surface area contributed by atoms with Crippen LogP contribution in [0.5, 0.6) is 5.75 Å². The van der Waals surface area contributed by atoms with E-state index in [2.05, 4.69) is 0 Å². The molecule has 1 unspecified atom stereocenters. The van der Waals surface area contributed by atoms with Crippen molar-refractivity contribution in [3.05, 3.63) is 29.8 Å². The predicted molar refractivity (Wildman–Crippen MR) is 97.2 cm³/mol. The van der Waals surface area contributed by atoms with Crippen molar-refractivity contribution >= 4 is 12.1 Å². The Morgan fingerprint density at radius 1 is 1.27 bits per heavy atom. The van der Waals surface area contributed by atoms with Crippen molar-refractivity contribution in [2.24, 2.45) is 0 Å². The summed E-state index contributed by atoms with van der Waals surface area (Å²) in [6, 6.07) is 7.02. The zero-order valence-corrected chi connectivity index (χ0v) is 15.9. The van der Waals surface area contributed by atoms with Gasteiger partial charge in [-0.15, -0.1) is 0 Å². The van der Waals surface area contributed by atoms with Crippen molar-refractivity contribution in [3.63, 3.8) is 0 Å². The Bertz CT molecular complexity index is 596. The second kappa shape index (κ2) is 10.0. The first-order valence-electron chi connectivity index (χ1n) is 8.65. The average molecular weight is 367 g/mol. The minimum absolute atomic E-state index is 0.0549. The molecule has 0 fully saturated rings. The Balaban J connectivity index is 2.49. The molecular weight excluding hydrogens is 338 g/mol. The van der Waals surface area contributed by atoms with Gasteiger partial charge in [0.2, 0.25) is 0 Å².